The summed E-state index contributed by atoms with van der Waals surface area (Å²) in [6.45, 7) is 0. The van der Waals surface area contributed by atoms with Gasteiger partial charge in [0.1, 0.15) is 17.3 Å². The molecule has 0 saturated carbocycles. The number of hydrogen-bond donors (Lipinski definition) is 1. The topological polar surface area (TPSA) is 63.8 Å². The van der Waals surface area contributed by atoms with Gasteiger partial charge in [0.15, 0.2) is 0 Å². The third kappa shape index (κ3) is 4.08. The Morgan fingerprint density at radius 3 is 2.68 bits per heavy atom. The van der Waals surface area contributed by atoms with Crippen LogP contribution in [-0.4, -0.2) is 19.2 Å². The van der Waals surface area contributed by atoms with Crippen molar-refractivity contribution >= 4 is 23.7 Å². The molecule has 0 aliphatic rings. The Kier molecular flexibility index (Phi) is 5.16. The highest BCUT2D eigenvalue weighted by Gasteiger charge is 2.08. The first-order chi connectivity index (χ1) is 12.2. The van der Waals surface area contributed by atoms with Gasteiger partial charge in [0.25, 0.3) is 5.91 Å². The molecular formula is C19H15ClN2O3. The Labute approximate surface area is 149 Å². The molecule has 1 N–H and O–H groups in total. The van der Waals surface area contributed by atoms with E-state index in [9.17, 15) is 4.79 Å². The number of carbonyl (C=O) groups excluding carboxylic acids is 1. The lowest BCUT2D eigenvalue weighted by atomic mass is 10.2. The quantitative estimate of drug-likeness (QED) is 0.546. The molecule has 0 fully saturated rings. The largest absolute Gasteiger partial charge is 0.495 e. The smallest absolute Gasteiger partial charge is 0.271 e. The molecule has 1 aromatic heterocycles. The number of ether oxygens (including phenoxy) is 1. The average Bonchev–Trinajstić information content (AvgIpc) is 3.11. The number of amides is 1. The number of nitrogens with one attached hydrogen (secondary N) is 1. The van der Waals surface area contributed by atoms with E-state index < -0.39 is 0 Å². The van der Waals surface area contributed by atoms with Crippen molar-refractivity contribution < 1.29 is 13.9 Å². The lowest BCUT2D eigenvalue weighted by Gasteiger charge is -2.04. The second-order valence-corrected chi connectivity index (χ2v) is 5.52. The molecule has 0 aliphatic carbocycles. The molecule has 0 radical (unpaired) electrons. The number of benzene rings is 2. The fourth-order valence-corrected chi connectivity index (χ4v) is 2.46. The second-order valence-electron chi connectivity index (χ2n) is 5.12. The maximum Gasteiger partial charge on any atom is 0.271 e. The Balaban J connectivity index is 1.67. The van der Waals surface area contributed by atoms with Gasteiger partial charge in [-0.3, -0.25) is 4.79 Å². The highest BCUT2D eigenvalue weighted by Crippen LogP contribution is 2.30. The van der Waals surface area contributed by atoms with E-state index in [4.69, 9.17) is 20.8 Å². The van der Waals surface area contributed by atoms with Crippen LogP contribution < -0.4 is 10.2 Å². The SMILES string of the molecule is COc1ccc(-c2ccc(/C=N\NC(=O)c3ccccc3)o2)cc1Cl. The number of hydrogen-bond acceptors (Lipinski definition) is 4. The zero-order valence-electron chi connectivity index (χ0n) is 13.4. The van der Waals surface area contributed by atoms with Gasteiger partial charge in [-0.2, -0.15) is 5.10 Å². The maximum atomic E-state index is 11.9. The molecule has 0 unspecified atom stereocenters. The normalized spacial score (nSPS) is 10.8. The highest BCUT2D eigenvalue weighted by molar-refractivity contribution is 6.32. The summed E-state index contributed by atoms with van der Waals surface area (Å²) in [6.07, 6.45) is 1.44. The van der Waals surface area contributed by atoms with Crippen molar-refractivity contribution in [2.24, 2.45) is 5.10 Å². The summed E-state index contributed by atoms with van der Waals surface area (Å²) in [6, 6.07) is 17.8. The summed E-state index contributed by atoms with van der Waals surface area (Å²) in [5.74, 6) is 1.46. The molecule has 25 heavy (non-hydrogen) atoms. The Bertz CT molecular complexity index is 904. The Morgan fingerprint density at radius 1 is 1.16 bits per heavy atom. The van der Waals surface area contributed by atoms with Crippen molar-refractivity contribution in [1.29, 1.82) is 0 Å². The molecule has 0 bridgehead atoms. The summed E-state index contributed by atoms with van der Waals surface area (Å²) >= 11 is 6.12. The Hall–Kier alpha value is -3.05. The van der Waals surface area contributed by atoms with Crippen LogP contribution in [0.2, 0.25) is 5.02 Å². The van der Waals surface area contributed by atoms with Crippen molar-refractivity contribution in [2.75, 3.05) is 7.11 Å². The van der Waals surface area contributed by atoms with Gasteiger partial charge in [-0.05, 0) is 42.5 Å². The van der Waals surface area contributed by atoms with E-state index in [-0.39, 0.29) is 5.91 Å². The molecule has 2 aromatic carbocycles. The Morgan fingerprint density at radius 2 is 1.96 bits per heavy atom. The zero-order chi connectivity index (χ0) is 17.6. The van der Waals surface area contributed by atoms with Gasteiger partial charge < -0.3 is 9.15 Å². The van der Waals surface area contributed by atoms with Gasteiger partial charge in [0, 0.05) is 11.1 Å². The number of rotatable bonds is 5. The van der Waals surface area contributed by atoms with Crippen molar-refractivity contribution in [3.05, 3.63) is 77.0 Å². The van der Waals surface area contributed by atoms with E-state index in [0.717, 1.165) is 5.56 Å². The van der Waals surface area contributed by atoms with E-state index in [0.29, 0.717) is 27.9 Å². The molecule has 3 rings (SSSR count). The van der Waals surface area contributed by atoms with Crippen LogP contribution in [0.25, 0.3) is 11.3 Å². The van der Waals surface area contributed by atoms with Gasteiger partial charge in [-0.25, -0.2) is 5.43 Å². The predicted octanol–water partition coefficient (Wildman–Crippen LogP) is 4.37. The number of furan rings is 1. The van der Waals surface area contributed by atoms with Crippen molar-refractivity contribution in [2.45, 2.75) is 0 Å². The first-order valence-corrected chi connectivity index (χ1v) is 7.87. The van der Waals surface area contributed by atoms with E-state index >= 15 is 0 Å². The molecule has 6 heteroatoms. The van der Waals surface area contributed by atoms with Crippen molar-refractivity contribution in [3.8, 4) is 17.1 Å². The molecule has 1 heterocycles. The molecule has 5 nitrogen and oxygen atoms in total. The fourth-order valence-electron chi connectivity index (χ4n) is 2.21. The molecule has 3 aromatic rings. The molecule has 0 aliphatic heterocycles. The van der Waals surface area contributed by atoms with Crippen LogP contribution in [0.15, 0.2) is 70.2 Å². The maximum absolute atomic E-state index is 11.9. The summed E-state index contributed by atoms with van der Waals surface area (Å²) in [7, 11) is 1.56. The van der Waals surface area contributed by atoms with Crippen LogP contribution in [-0.2, 0) is 0 Å². The van der Waals surface area contributed by atoms with E-state index in [2.05, 4.69) is 10.5 Å². The number of nitrogens with zero attached hydrogens (tertiary/aromatic N) is 1. The van der Waals surface area contributed by atoms with Gasteiger partial charge in [0.05, 0.1) is 18.3 Å². The number of carbonyl (C=O) groups is 1. The lowest BCUT2D eigenvalue weighted by molar-refractivity contribution is 0.0955. The van der Waals surface area contributed by atoms with Crippen molar-refractivity contribution in [1.82, 2.24) is 5.43 Å². The molecule has 0 atom stereocenters. The highest BCUT2D eigenvalue weighted by atomic mass is 35.5. The van der Waals surface area contributed by atoms with Gasteiger partial charge in [0.2, 0.25) is 0 Å². The zero-order valence-corrected chi connectivity index (χ0v) is 14.2. The number of methoxy groups -OCH3 is 1. The fraction of sp³-hybridized carbons (Fsp3) is 0.0526. The van der Waals surface area contributed by atoms with E-state index in [1.54, 1.807) is 55.6 Å². The monoisotopic (exact) mass is 354 g/mol. The van der Waals surface area contributed by atoms with Crippen LogP contribution in [0.4, 0.5) is 0 Å². The summed E-state index contributed by atoms with van der Waals surface area (Å²) in [5, 5.41) is 4.41. The van der Waals surface area contributed by atoms with Gasteiger partial charge in [-0.15, -0.1) is 0 Å². The van der Waals surface area contributed by atoms with Gasteiger partial charge in [-0.1, -0.05) is 29.8 Å². The average molecular weight is 355 g/mol. The molecule has 126 valence electrons. The predicted molar refractivity (Wildman–Crippen MR) is 97.2 cm³/mol. The molecule has 0 spiro atoms. The first kappa shape index (κ1) is 16.8. The second kappa shape index (κ2) is 7.68. The van der Waals surface area contributed by atoms with Crippen LogP contribution in [0.3, 0.4) is 0 Å². The van der Waals surface area contributed by atoms with Gasteiger partial charge >= 0.3 is 0 Å². The third-order valence-corrected chi connectivity index (χ3v) is 3.75. The van der Waals surface area contributed by atoms with Crippen LogP contribution in [0.5, 0.6) is 5.75 Å². The van der Waals surface area contributed by atoms with E-state index in [1.807, 2.05) is 12.1 Å². The molecule has 0 saturated heterocycles. The number of hydrazone groups is 1. The minimum absolute atomic E-state index is 0.287. The summed E-state index contributed by atoms with van der Waals surface area (Å²) < 4.78 is 10.8. The van der Waals surface area contributed by atoms with Crippen LogP contribution >= 0.6 is 11.6 Å². The van der Waals surface area contributed by atoms with E-state index in [1.165, 1.54) is 6.21 Å². The third-order valence-electron chi connectivity index (χ3n) is 3.46. The first-order valence-electron chi connectivity index (χ1n) is 7.49. The summed E-state index contributed by atoms with van der Waals surface area (Å²) in [4.78, 5) is 11.9. The van der Waals surface area contributed by atoms with Crippen LogP contribution in [0, 0.1) is 0 Å². The minimum atomic E-state index is -0.287. The lowest BCUT2D eigenvalue weighted by Crippen LogP contribution is -2.17. The molecule has 1 amide bonds. The van der Waals surface area contributed by atoms with Crippen LogP contribution in [0.1, 0.15) is 16.1 Å². The molecular weight excluding hydrogens is 340 g/mol. The summed E-state index contributed by atoms with van der Waals surface area (Å²) in [5.41, 5.74) is 3.81. The van der Waals surface area contributed by atoms with Crippen molar-refractivity contribution in [3.63, 3.8) is 0 Å². The standard InChI is InChI=1S/C19H15ClN2O3/c1-24-18-9-7-14(11-16(18)20)17-10-8-15(25-17)12-21-22-19(23)13-5-3-2-4-6-13/h2-12H,1H3,(H,22,23)/b21-12-. The number of halogens is 1. The minimum Gasteiger partial charge on any atom is -0.495 e.